The van der Waals surface area contributed by atoms with E-state index in [1.165, 1.54) is 0 Å². The predicted molar refractivity (Wildman–Crippen MR) is 60.7 cm³/mol. The lowest BCUT2D eigenvalue weighted by Crippen LogP contribution is -2.41. The Balaban J connectivity index is 2.37. The molecule has 0 aliphatic heterocycles. The SMILES string of the molecule is Cn1ccnc1CC(O)CNC(C)(C)C. The van der Waals surface area contributed by atoms with Crippen molar-refractivity contribution in [3.63, 3.8) is 0 Å². The van der Waals surface area contributed by atoms with Gasteiger partial charge in [-0.3, -0.25) is 0 Å². The van der Waals surface area contributed by atoms with Crippen molar-refractivity contribution < 1.29 is 5.11 Å². The average Bonchev–Trinajstić information content (AvgIpc) is 2.47. The van der Waals surface area contributed by atoms with Crippen LogP contribution in [-0.2, 0) is 13.5 Å². The fourth-order valence-corrected chi connectivity index (χ4v) is 1.30. The number of nitrogens with one attached hydrogen (secondary N) is 1. The van der Waals surface area contributed by atoms with Crippen molar-refractivity contribution in [2.75, 3.05) is 6.54 Å². The maximum Gasteiger partial charge on any atom is 0.111 e. The lowest BCUT2D eigenvalue weighted by molar-refractivity contribution is 0.158. The van der Waals surface area contributed by atoms with E-state index in [1.807, 2.05) is 17.8 Å². The van der Waals surface area contributed by atoms with Crippen molar-refractivity contribution in [2.45, 2.75) is 38.8 Å². The smallest absolute Gasteiger partial charge is 0.111 e. The molecule has 0 bridgehead atoms. The molecule has 0 radical (unpaired) electrons. The summed E-state index contributed by atoms with van der Waals surface area (Å²) in [5.74, 6) is 0.915. The first-order chi connectivity index (χ1) is 6.88. The summed E-state index contributed by atoms with van der Waals surface area (Å²) in [7, 11) is 1.94. The summed E-state index contributed by atoms with van der Waals surface area (Å²) in [5.41, 5.74) is 0.0443. The van der Waals surface area contributed by atoms with Gasteiger partial charge in [0.2, 0.25) is 0 Å². The van der Waals surface area contributed by atoms with E-state index in [9.17, 15) is 5.11 Å². The van der Waals surface area contributed by atoms with Crippen molar-refractivity contribution in [2.24, 2.45) is 7.05 Å². The number of aliphatic hydroxyl groups excluding tert-OH is 1. The van der Waals surface area contributed by atoms with Gasteiger partial charge in [-0.15, -0.1) is 0 Å². The molecule has 0 aliphatic rings. The normalized spacial score (nSPS) is 14.2. The van der Waals surface area contributed by atoms with E-state index in [4.69, 9.17) is 0 Å². The summed E-state index contributed by atoms with van der Waals surface area (Å²) in [5, 5.41) is 13.1. The number of rotatable bonds is 4. The molecule has 1 heterocycles. The van der Waals surface area contributed by atoms with E-state index in [2.05, 4.69) is 31.1 Å². The van der Waals surface area contributed by atoms with Gasteiger partial charge in [0.1, 0.15) is 5.82 Å². The van der Waals surface area contributed by atoms with Crippen LogP contribution in [0.3, 0.4) is 0 Å². The van der Waals surface area contributed by atoms with Crippen molar-refractivity contribution in [1.29, 1.82) is 0 Å². The lowest BCUT2D eigenvalue weighted by Gasteiger charge is -2.22. The predicted octanol–water partition coefficient (Wildman–Crippen LogP) is 0.712. The third-order valence-electron chi connectivity index (χ3n) is 2.21. The maximum absolute atomic E-state index is 9.79. The number of hydrogen-bond acceptors (Lipinski definition) is 3. The highest BCUT2D eigenvalue weighted by molar-refractivity contribution is 4.93. The highest BCUT2D eigenvalue weighted by Gasteiger charge is 2.13. The van der Waals surface area contributed by atoms with Crippen molar-refractivity contribution in [3.05, 3.63) is 18.2 Å². The van der Waals surface area contributed by atoms with Crippen LogP contribution in [0.25, 0.3) is 0 Å². The van der Waals surface area contributed by atoms with Crippen LogP contribution in [0.2, 0.25) is 0 Å². The minimum atomic E-state index is -0.384. The zero-order chi connectivity index (χ0) is 11.5. The molecule has 1 unspecified atom stereocenters. The number of imidazole rings is 1. The third-order valence-corrected chi connectivity index (χ3v) is 2.21. The number of β-amino-alcohol motifs (C(OH)–C–C–N with tert-alkyl or cyclic N) is 1. The summed E-state index contributed by atoms with van der Waals surface area (Å²) in [6.07, 6.45) is 3.84. The zero-order valence-corrected chi connectivity index (χ0v) is 9.99. The zero-order valence-electron chi connectivity index (χ0n) is 9.99. The standard InChI is InChI=1S/C11H21N3O/c1-11(2,3)13-8-9(15)7-10-12-5-6-14(10)4/h5-6,9,13,15H,7-8H2,1-4H3. The highest BCUT2D eigenvalue weighted by atomic mass is 16.3. The van der Waals surface area contributed by atoms with Crippen LogP contribution in [0.4, 0.5) is 0 Å². The molecule has 0 saturated carbocycles. The summed E-state index contributed by atoms with van der Waals surface area (Å²) < 4.78 is 1.93. The van der Waals surface area contributed by atoms with E-state index in [0.717, 1.165) is 5.82 Å². The van der Waals surface area contributed by atoms with Crippen LogP contribution in [0.15, 0.2) is 12.4 Å². The minimum absolute atomic E-state index is 0.0443. The Morgan fingerprint density at radius 3 is 2.67 bits per heavy atom. The average molecular weight is 211 g/mol. The van der Waals surface area contributed by atoms with E-state index in [0.29, 0.717) is 13.0 Å². The maximum atomic E-state index is 9.79. The molecule has 2 N–H and O–H groups in total. The van der Waals surface area contributed by atoms with E-state index < -0.39 is 0 Å². The number of aromatic nitrogens is 2. The summed E-state index contributed by atoms with van der Waals surface area (Å²) in [4.78, 5) is 4.18. The number of aryl methyl sites for hydroxylation is 1. The lowest BCUT2D eigenvalue weighted by atomic mass is 10.1. The van der Waals surface area contributed by atoms with Gasteiger partial charge in [0.15, 0.2) is 0 Å². The second-order valence-electron chi connectivity index (χ2n) is 4.94. The van der Waals surface area contributed by atoms with Gasteiger partial charge >= 0.3 is 0 Å². The van der Waals surface area contributed by atoms with Crippen LogP contribution in [0.5, 0.6) is 0 Å². The van der Waals surface area contributed by atoms with Crippen molar-refractivity contribution >= 4 is 0 Å². The molecule has 0 aliphatic carbocycles. The fraction of sp³-hybridized carbons (Fsp3) is 0.727. The highest BCUT2D eigenvalue weighted by Crippen LogP contribution is 2.02. The second kappa shape index (κ2) is 4.77. The number of hydrogen-bond donors (Lipinski definition) is 2. The molecule has 0 aromatic carbocycles. The van der Waals surface area contributed by atoms with Crippen LogP contribution in [0, 0.1) is 0 Å². The van der Waals surface area contributed by atoms with Gasteiger partial charge in [-0.1, -0.05) is 0 Å². The first kappa shape index (κ1) is 12.2. The molecule has 1 aromatic heterocycles. The van der Waals surface area contributed by atoms with E-state index in [1.54, 1.807) is 6.20 Å². The Labute approximate surface area is 91.3 Å². The number of nitrogens with zero attached hydrogens (tertiary/aromatic N) is 2. The van der Waals surface area contributed by atoms with Crippen molar-refractivity contribution in [3.8, 4) is 0 Å². The van der Waals surface area contributed by atoms with Crippen molar-refractivity contribution in [1.82, 2.24) is 14.9 Å². The topological polar surface area (TPSA) is 50.1 Å². The molecular formula is C11H21N3O. The molecule has 15 heavy (non-hydrogen) atoms. The summed E-state index contributed by atoms with van der Waals surface area (Å²) >= 11 is 0. The summed E-state index contributed by atoms with van der Waals surface area (Å²) in [6, 6.07) is 0. The largest absolute Gasteiger partial charge is 0.391 e. The Hall–Kier alpha value is -0.870. The Bertz CT molecular complexity index is 301. The van der Waals surface area contributed by atoms with Gasteiger partial charge in [-0.05, 0) is 20.8 Å². The summed E-state index contributed by atoms with van der Waals surface area (Å²) in [6.45, 7) is 6.85. The molecule has 4 nitrogen and oxygen atoms in total. The molecule has 0 saturated heterocycles. The molecule has 1 atom stereocenters. The molecule has 4 heteroatoms. The second-order valence-corrected chi connectivity index (χ2v) is 4.94. The Morgan fingerprint density at radius 2 is 2.20 bits per heavy atom. The van der Waals surface area contributed by atoms with Crippen LogP contribution >= 0.6 is 0 Å². The van der Waals surface area contributed by atoms with Crippen LogP contribution < -0.4 is 5.32 Å². The van der Waals surface area contributed by atoms with Gasteiger partial charge in [0.05, 0.1) is 6.10 Å². The molecule has 0 fully saturated rings. The van der Waals surface area contributed by atoms with Crippen LogP contribution in [0.1, 0.15) is 26.6 Å². The molecule has 86 valence electrons. The van der Waals surface area contributed by atoms with Gasteiger partial charge in [0, 0.05) is 37.9 Å². The molecule has 0 amide bonds. The van der Waals surface area contributed by atoms with Crippen LogP contribution in [-0.4, -0.2) is 32.8 Å². The van der Waals surface area contributed by atoms with E-state index >= 15 is 0 Å². The molecule has 1 rings (SSSR count). The van der Waals surface area contributed by atoms with Gasteiger partial charge in [0.25, 0.3) is 0 Å². The molecule has 0 spiro atoms. The van der Waals surface area contributed by atoms with Gasteiger partial charge in [-0.2, -0.15) is 0 Å². The number of aliphatic hydroxyl groups is 1. The Kier molecular flexibility index (Phi) is 3.88. The first-order valence-corrected chi connectivity index (χ1v) is 5.28. The monoisotopic (exact) mass is 211 g/mol. The van der Waals surface area contributed by atoms with E-state index in [-0.39, 0.29) is 11.6 Å². The molecule has 1 aromatic rings. The molecular weight excluding hydrogens is 190 g/mol. The Morgan fingerprint density at radius 1 is 1.53 bits per heavy atom. The van der Waals surface area contributed by atoms with Gasteiger partial charge in [-0.25, -0.2) is 4.98 Å². The first-order valence-electron chi connectivity index (χ1n) is 5.28. The quantitative estimate of drug-likeness (QED) is 0.771. The minimum Gasteiger partial charge on any atom is -0.391 e. The third kappa shape index (κ3) is 4.44. The van der Waals surface area contributed by atoms with Gasteiger partial charge < -0.3 is 15.0 Å². The fourth-order valence-electron chi connectivity index (χ4n) is 1.30.